The van der Waals surface area contributed by atoms with Crippen LogP contribution in [0.3, 0.4) is 0 Å². The average Bonchev–Trinajstić information content (AvgIpc) is 2.14. The summed E-state index contributed by atoms with van der Waals surface area (Å²) < 4.78 is 0. The lowest BCUT2D eigenvalue weighted by atomic mass is 10.1. The van der Waals surface area contributed by atoms with Gasteiger partial charge in [0.2, 0.25) is 0 Å². The Balaban J connectivity index is 2.19. The molecule has 0 unspecified atom stereocenters. The molecule has 1 aliphatic rings. The number of nitrogens with one attached hydrogen (secondary N) is 1. The van der Waals surface area contributed by atoms with Crippen LogP contribution in [0.15, 0.2) is 18.2 Å². The third-order valence-corrected chi connectivity index (χ3v) is 2.84. The Labute approximate surface area is 93.3 Å². The molecule has 1 amide bonds. The van der Waals surface area contributed by atoms with Gasteiger partial charge in [-0.1, -0.05) is 0 Å². The predicted octanol–water partition coefficient (Wildman–Crippen LogP) is 0.142. The van der Waals surface area contributed by atoms with Crippen molar-refractivity contribution in [2.24, 2.45) is 0 Å². The van der Waals surface area contributed by atoms with Crippen LogP contribution in [0.2, 0.25) is 0 Å². The minimum Gasteiger partial charge on any atom is -0.508 e. The number of amides is 1. The highest BCUT2D eigenvalue weighted by molar-refractivity contribution is 5.97. The van der Waals surface area contributed by atoms with Crippen molar-refractivity contribution in [1.29, 1.82) is 0 Å². The topological polar surface area (TPSA) is 72.8 Å². The molecule has 1 aromatic rings. The van der Waals surface area contributed by atoms with Gasteiger partial charge in [0.25, 0.3) is 5.91 Å². The Morgan fingerprint density at radius 2 is 2.12 bits per heavy atom. The van der Waals surface area contributed by atoms with Crippen LogP contribution in [0.1, 0.15) is 10.4 Å². The van der Waals surface area contributed by atoms with E-state index in [4.69, 9.17) is 5.11 Å². The monoisotopic (exact) mass is 222 g/mol. The zero-order valence-electron chi connectivity index (χ0n) is 8.97. The van der Waals surface area contributed by atoms with Crippen LogP contribution in [0.5, 0.6) is 11.5 Å². The fraction of sp³-hybridized carbons (Fsp3) is 0.364. The Bertz CT molecular complexity index is 416. The van der Waals surface area contributed by atoms with Crippen molar-refractivity contribution in [3.8, 4) is 11.5 Å². The quantitative estimate of drug-likeness (QED) is 0.665. The van der Waals surface area contributed by atoms with Crippen LogP contribution in [0.4, 0.5) is 0 Å². The van der Waals surface area contributed by atoms with Gasteiger partial charge in [0.15, 0.2) is 0 Å². The van der Waals surface area contributed by atoms with Crippen molar-refractivity contribution in [3.63, 3.8) is 0 Å². The third-order valence-electron chi connectivity index (χ3n) is 2.84. The van der Waals surface area contributed by atoms with Gasteiger partial charge in [-0.05, 0) is 12.1 Å². The number of carbonyl (C=O) groups excluding carboxylic acids is 1. The molecule has 0 aromatic heterocycles. The second kappa shape index (κ2) is 4.02. The molecule has 16 heavy (non-hydrogen) atoms. The predicted molar refractivity (Wildman–Crippen MR) is 58.5 cm³/mol. The number of benzene rings is 1. The van der Waals surface area contributed by atoms with Crippen LogP contribution >= 0.6 is 0 Å². The number of rotatable bonds is 2. The molecule has 5 nitrogen and oxygen atoms in total. The summed E-state index contributed by atoms with van der Waals surface area (Å²) >= 11 is 0. The van der Waals surface area contributed by atoms with E-state index in [1.165, 1.54) is 18.2 Å². The van der Waals surface area contributed by atoms with Crippen molar-refractivity contribution >= 4 is 5.91 Å². The average molecular weight is 222 g/mol. The number of phenolic OH excluding ortho intramolecular Hbond substituents is 2. The molecule has 5 heteroatoms. The fourth-order valence-electron chi connectivity index (χ4n) is 1.60. The van der Waals surface area contributed by atoms with Crippen LogP contribution in [0.25, 0.3) is 0 Å². The minimum absolute atomic E-state index is 0.0537. The summed E-state index contributed by atoms with van der Waals surface area (Å²) in [5, 5.41) is 21.8. The number of carbonyl (C=O) groups is 1. The van der Waals surface area contributed by atoms with Gasteiger partial charge >= 0.3 is 0 Å². The summed E-state index contributed by atoms with van der Waals surface area (Å²) in [4.78, 5) is 13.6. The lowest BCUT2D eigenvalue weighted by Crippen LogP contribution is -2.57. The highest BCUT2D eigenvalue weighted by Gasteiger charge is 2.27. The van der Waals surface area contributed by atoms with Gasteiger partial charge in [-0.3, -0.25) is 4.79 Å². The Kier molecular flexibility index (Phi) is 2.70. The van der Waals surface area contributed by atoms with Gasteiger partial charge in [0, 0.05) is 26.2 Å². The van der Waals surface area contributed by atoms with Gasteiger partial charge < -0.3 is 20.4 Å². The second-order valence-electron chi connectivity index (χ2n) is 3.93. The smallest absolute Gasteiger partial charge is 0.257 e. The minimum atomic E-state index is -0.232. The van der Waals surface area contributed by atoms with E-state index in [-0.39, 0.29) is 29.0 Å². The molecule has 0 spiro atoms. The molecule has 2 rings (SSSR count). The van der Waals surface area contributed by atoms with E-state index in [1.807, 2.05) is 0 Å². The molecule has 1 fully saturated rings. The van der Waals surface area contributed by atoms with Gasteiger partial charge in [-0.25, -0.2) is 0 Å². The van der Waals surface area contributed by atoms with Crippen LogP contribution < -0.4 is 5.32 Å². The summed E-state index contributed by atoms with van der Waals surface area (Å²) in [6, 6.07) is 4.16. The standard InChI is InChI=1S/C11H14N2O3/c1-13(7-5-12-6-7)11(16)9-3-2-8(14)4-10(9)15/h2-4,7,12,14-15H,5-6H2,1H3. The highest BCUT2D eigenvalue weighted by Crippen LogP contribution is 2.24. The Morgan fingerprint density at radius 3 is 2.62 bits per heavy atom. The third kappa shape index (κ3) is 1.81. The SMILES string of the molecule is CN(C(=O)c1ccc(O)cc1O)C1CNC1. The number of likely N-dealkylation sites (N-methyl/N-ethyl adjacent to an activating group) is 1. The summed E-state index contributed by atoms with van der Waals surface area (Å²) in [5.74, 6) is -0.477. The molecule has 1 saturated heterocycles. The van der Waals surface area contributed by atoms with Gasteiger partial charge in [0.1, 0.15) is 11.5 Å². The van der Waals surface area contributed by atoms with Crippen molar-refractivity contribution in [2.45, 2.75) is 6.04 Å². The largest absolute Gasteiger partial charge is 0.508 e. The lowest BCUT2D eigenvalue weighted by molar-refractivity contribution is 0.0678. The second-order valence-corrected chi connectivity index (χ2v) is 3.93. The summed E-state index contributed by atoms with van der Waals surface area (Å²) in [6.07, 6.45) is 0. The maximum atomic E-state index is 12.0. The fourth-order valence-corrected chi connectivity index (χ4v) is 1.60. The highest BCUT2D eigenvalue weighted by atomic mass is 16.3. The molecule has 0 saturated carbocycles. The van der Waals surface area contributed by atoms with E-state index in [1.54, 1.807) is 11.9 Å². The van der Waals surface area contributed by atoms with E-state index in [0.29, 0.717) is 0 Å². The lowest BCUT2D eigenvalue weighted by Gasteiger charge is -2.35. The van der Waals surface area contributed by atoms with E-state index >= 15 is 0 Å². The van der Waals surface area contributed by atoms with Crippen molar-refractivity contribution in [1.82, 2.24) is 10.2 Å². The summed E-state index contributed by atoms with van der Waals surface area (Å²) in [6.45, 7) is 1.56. The van der Waals surface area contributed by atoms with Crippen molar-refractivity contribution < 1.29 is 15.0 Å². The normalized spacial score (nSPS) is 15.6. The maximum Gasteiger partial charge on any atom is 0.257 e. The molecule has 0 aliphatic carbocycles. The van der Waals surface area contributed by atoms with E-state index < -0.39 is 0 Å². The van der Waals surface area contributed by atoms with Crippen LogP contribution in [-0.2, 0) is 0 Å². The molecule has 1 aromatic carbocycles. The van der Waals surface area contributed by atoms with Crippen LogP contribution in [0, 0.1) is 0 Å². The van der Waals surface area contributed by atoms with Gasteiger partial charge in [-0.2, -0.15) is 0 Å². The first kappa shape index (κ1) is 10.8. The Hall–Kier alpha value is -1.75. The van der Waals surface area contributed by atoms with Gasteiger partial charge in [-0.15, -0.1) is 0 Å². The summed E-state index contributed by atoms with van der Waals surface area (Å²) in [5.41, 5.74) is 0.215. The molecular formula is C11H14N2O3. The first-order valence-corrected chi connectivity index (χ1v) is 5.09. The van der Waals surface area contributed by atoms with Crippen molar-refractivity contribution in [3.05, 3.63) is 23.8 Å². The van der Waals surface area contributed by atoms with Crippen LogP contribution in [-0.4, -0.2) is 47.2 Å². The maximum absolute atomic E-state index is 12.0. The Morgan fingerprint density at radius 1 is 1.44 bits per heavy atom. The first-order valence-electron chi connectivity index (χ1n) is 5.09. The number of hydrogen-bond acceptors (Lipinski definition) is 4. The molecule has 3 N–H and O–H groups in total. The number of nitrogens with zero attached hydrogens (tertiary/aromatic N) is 1. The molecule has 0 atom stereocenters. The molecule has 0 radical (unpaired) electrons. The van der Waals surface area contributed by atoms with E-state index in [0.717, 1.165) is 13.1 Å². The number of phenols is 2. The summed E-state index contributed by atoms with van der Waals surface area (Å²) in [7, 11) is 1.71. The van der Waals surface area contributed by atoms with E-state index in [9.17, 15) is 9.90 Å². The molecule has 1 aliphatic heterocycles. The molecular weight excluding hydrogens is 208 g/mol. The molecule has 86 valence electrons. The number of hydrogen-bond donors (Lipinski definition) is 3. The van der Waals surface area contributed by atoms with Gasteiger partial charge in [0.05, 0.1) is 11.6 Å². The van der Waals surface area contributed by atoms with Crippen molar-refractivity contribution in [2.75, 3.05) is 20.1 Å². The zero-order valence-corrected chi connectivity index (χ0v) is 8.97. The molecule has 0 bridgehead atoms. The number of aromatic hydroxyl groups is 2. The zero-order chi connectivity index (χ0) is 11.7. The van der Waals surface area contributed by atoms with E-state index in [2.05, 4.69) is 5.32 Å². The molecule has 1 heterocycles. The first-order chi connectivity index (χ1) is 7.59.